The van der Waals surface area contributed by atoms with Crippen molar-refractivity contribution in [2.75, 3.05) is 13.6 Å². The number of urea groups is 1. The van der Waals surface area contributed by atoms with E-state index in [0.29, 0.717) is 5.92 Å². The molecule has 1 unspecified atom stereocenters. The van der Waals surface area contributed by atoms with Crippen LogP contribution in [0.25, 0.3) is 0 Å². The largest absolute Gasteiger partial charge is 0.481 e. The van der Waals surface area contributed by atoms with Crippen LogP contribution in [0.2, 0.25) is 0 Å². The molecule has 2 rings (SSSR count). The molecule has 0 spiro atoms. The minimum Gasteiger partial charge on any atom is -0.481 e. The van der Waals surface area contributed by atoms with Crippen molar-refractivity contribution in [3.8, 4) is 0 Å². The van der Waals surface area contributed by atoms with Crippen LogP contribution in [0.15, 0.2) is 28.7 Å². The second-order valence-electron chi connectivity index (χ2n) is 5.54. The van der Waals surface area contributed by atoms with Crippen molar-refractivity contribution in [3.63, 3.8) is 0 Å². The molecule has 21 heavy (non-hydrogen) atoms. The van der Waals surface area contributed by atoms with Crippen LogP contribution < -0.4 is 5.32 Å². The zero-order valence-electron chi connectivity index (χ0n) is 12.0. The van der Waals surface area contributed by atoms with Crippen LogP contribution in [0.5, 0.6) is 0 Å². The van der Waals surface area contributed by atoms with E-state index in [0.717, 1.165) is 10.9 Å². The van der Waals surface area contributed by atoms with Crippen LogP contribution >= 0.6 is 15.9 Å². The summed E-state index contributed by atoms with van der Waals surface area (Å²) in [7, 11) is 1.62. The predicted octanol–water partition coefficient (Wildman–Crippen LogP) is 2.67. The maximum absolute atomic E-state index is 12.0. The van der Waals surface area contributed by atoms with E-state index < -0.39 is 11.9 Å². The molecule has 1 aromatic carbocycles. The monoisotopic (exact) mass is 354 g/mol. The van der Waals surface area contributed by atoms with Crippen LogP contribution in [-0.2, 0) is 4.79 Å². The van der Waals surface area contributed by atoms with Gasteiger partial charge in [-0.15, -0.1) is 0 Å². The first-order valence-electron chi connectivity index (χ1n) is 6.89. The molecule has 2 N–H and O–H groups in total. The molecule has 1 aliphatic rings. The third kappa shape index (κ3) is 3.97. The van der Waals surface area contributed by atoms with Gasteiger partial charge in [-0.3, -0.25) is 4.79 Å². The van der Waals surface area contributed by atoms with Crippen molar-refractivity contribution in [3.05, 3.63) is 34.3 Å². The molecular weight excluding hydrogens is 336 g/mol. The topological polar surface area (TPSA) is 69.6 Å². The van der Waals surface area contributed by atoms with Gasteiger partial charge in [0.1, 0.15) is 0 Å². The average molecular weight is 355 g/mol. The number of aliphatic carboxylic acids is 1. The maximum Gasteiger partial charge on any atom is 0.317 e. The van der Waals surface area contributed by atoms with Gasteiger partial charge >= 0.3 is 12.0 Å². The Bertz CT molecular complexity index is 549. The average Bonchev–Trinajstić information content (AvgIpc) is 3.17. The van der Waals surface area contributed by atoms with E-state index in [9.17, 15) is 9.59 Å². The number of nitrogens with zero attached hydrogens (tertiary/aromatic N) is 1. The van der Waals surface area contributed by atoms with Gasteiger partial charge in [0.25, 0.3) is 0 Å². The van der Waals surface area contributed by atoms with Crippen molar-refractivity contribution >= 4 is 27.9 Å². The minimum atomic E-state index is -0.896. The van der Waals surface area contributed by atoms with Gasteiger partial charge in [-0.1, -0.05) is 41.1 Å². The summed E-state index contributed by atoms with van der Waals surface area (Å²) in [6.07, 6.45) is 0.913. The number of nitrogens with one attached hydrogen (secondary N) is 1. The first-order valence-corrected chi connectivity index (χ1v) is 7.68. The third-order valence-electron chi connectivity index (χ3n) is 3.72. The molecule has 0 saturated heterocycles. The summed E-state index contributed by atoms with van der Waals surface area (Å²) in [5.74, 6) is -1.14. The molecule has 0 radical (unpaired) electrons. The Morgan fingerprint density at radius 3 is 2.76 bits per heavy atom. The fourth-order valence-electron chi connectivity index (χ4n) is 2.31. The van der Waals surface area contributed by atoms with Crippen molar-refractivity contribution in [2.45, 2.75) is 25.3 Å². The first-order chi connectivity index (χ1) is 9.90. The Kier molecular flexibility index (Phi) is 4.88. The highest BCUT2D eigenvalue weighted by Gasteiger charge is 2.41. The number of amides is 2. The van der Waals surface area contributed by atoms with Gasteiger partial charge in [-0.25, -0.2) is 4.79 Å². The van der Waals surface area contributed by atoms with E-state index >= 15 is 0 Å². The zero-order chi connectivity index (χ0) is 15.6. The highest BCUT2D eigenvalue weighted by atomic mass is 79.9. The van der Waals surface area contributed by atoms with E-state index in [1.54, 1.807) is 14.0 Å². The molecule has 1 saturated carbocycles. The molecule has 0 heterocycles. The highest BCUT2D eigenvalue weighted by molar-refractivity contribution is 9.10. The Morgan fingerprint density at radius 2 is 2.14 bits per heavy atom. The number of halogens is 1. The van der Waals surface area contributed by atoms with Gasteiger partial charge in [-0.2, -0.15) is 0 Å². The van der Waals surface area contributed by atoms with Crippen LogP contribution in [0.4, 0.5) is 4.79 Å². The number of carbonyl (C=O) groups excluding carboxylic acids is 1. The number of rotatable bonds is 5. The standard InChI is InChI=1S/C15H19BrN2O3/c1-9(14(19)20)8-18(2)15(21)17-13-7-11(13)10-5-3-4-6-12(10)16/h3-6,9,11,13H,7-8H2,1-2H3,(H,17,21)(H,19,20)/t9?,11-,13+/m0/s1. The Morgan fingerprint density at radius 1 is 1.48 bits per heavy atom. The summed E-state index contributed by atoms with van der Waals surface area (Å²) < 4.78 is 1.06. The summed E-state index contributed by atoms with van der Waals surface area (Å²) in [4.78, 5) is 24.3. The molecule has 114 valence electrons. The Hall–Kier alpha value is -1.56. The summed E-state index contributed by atoms with van der Waals surface area (Å²) in [6.45, 7) is 1.79. The summed E-state index contributed by atoms with van der Waals surface area (Å²) in [6, 6.07) is 7.90. The van der Waals surface area contributed by atoms with E-state index in [2.05, 4.69) is 27.3 Å². The second kappa shape index (κ2) is 6.47. The van der Waals surface area contributed by atoms with E-state index in [4.69, 9.17) is 5.11 Å². The summed E-state index contributed by atoms with van der Waals surface area (Å²) >= 11 is 3.52. The quantitative estimate of drug-likeness (QED) is 0.853. The molecule has 3 atom stereocenters. The van der Waals surface area contributed by atoms with Crippen molar-refractivity contribution in [1.29, 1.82) is 0 Å². The number of hydrogen-bond donors (Lipinski definition) is 2. The number of benzene rings is 1. The lowest BCUT2D eigenvalue weighted by molar-refractivity contribution is -0.141. The lowest BCUT2D eigenvalue weighted by atomic mass is 10.1. The molecule has 1 aliphatic carbocycles. The van der Waals surface area contributed by atoms with Gasteiger partial charge < -0.3 is 15.3 Å². The van der Waals surface area contributed by atoms with Crippen LogP contribution in [0.1, 0.15) is 24.8 Å². The predicted molar refractivity (Wildman–Crippen MR) is 83.2 cm³/mol. The highest BCUT2D eigenvalue weighted by Crippen LogP contribution is 2.43. The van der Waals surface area contributed by atoms with Crippen molar-refractivity contribution in [2.24, 2.45) is 5.92 Å². The summed E-state index contributed by atoms with van der Waals surface area (Å²) in [5.41, 5.74) is 1.20. The fraction of sp³-hybridized carbons (Fsp3) is 0.467. The number of carboxylic acid groups (broad SMARTS) is 1. The molecule has 1 fully saturated rings. The van der Waals surface area contributed by atoms with Crippen LogP contribution in [0, 0.1) is 5.92 Å². The zero-order valence-corrected chi connectivity index (χ0v) is 13.6. The van der Waals surface area contributed by atoms with Gasteiger partial charge in [0.15, 0.2) is 0 Å². The summed E-state index contributed by atoms with van der Waals surface area (Å²) in [5, 5.41) is 11.8. The molecule has 1 aromatic rings. The van der Waals surface area contributed by atoms with Crippen LogP contribution in [-0.4, -0.2) is 41.6 Å². The Balaban J connectivity index is 1.85. The molecule has 5 nitrogen and oxygen atoms in total. The molecule has 6 heteroatoms. The molecule has 0 aromatic heterocycles. The van der Waals surface area contributed by atoms with Crippen molar-refractivity contribution in [1.82, 2.24) is 10.2 Å². The van der Waals surface area contributed by atoms with E-state index in [1.165, 1.54) is 10.5 Å². The van der Waals surface area contributed by atoms with Crippen LogP contribution in [0.3, 0.4) is 0 Å². The maximum atomic E-state index is 12.0. The smallest absolute Gasteiger partial charge is 0.317 e. The molecule has 0 bridgehead atoms. The molecular formula is C15H19BrN2O3. The van der Waals surface area contributed by atoms with Crippen molar-refractivity contribution < 1.29 is 14.7 Å². The number of hydrogen-bond acceptors (Lipinski definition) is 2. The number of carbonyl (C=O) groups is 2. The van der Waals surface area contributed by atoms with Gasteiger partial charge in [-0.05, 0) is 18.1 Å². The van der Waals surface area contributed by atoms with E-state index in [-0.39, 0.29) is 18.6 Å². The van der Waals surface area contributed by atoms with E-state index in [1.807, 2.05) is 18.2 Å². The lowest BCUT2D eigenvalue weighted by Gasteiger charge is -2.20. The molecule has 2 amide bonds. The third-order valence-corrected chi connectivity index (χ3v) is 4.44. The fourth-order valence-corrected chi connectivity index (χ4v) is 2.89. The molecule has 0 aliphatic heterocycles. The minimum absolute atomic E-state index is 0.124. The Labute approximate surface area is 132 Å². The normalized spacial score (nSPS) is 21.5. The van der Waals surface area contributed by atoms with Gasteiger partial charge in [0.2, 0.25) is 0 Å². The SMILES string of the molecule is CC(CN(C)C(=O)N[C@@H]1C[C@H]1c1ccccc1Br)C(=O)O. The lowest BCUT2D eigenvalue weighted by Crippen LogP contribution is -2.42. The van der Waals surface area contributed by atoms with Gasteiger partial charge in [0, 0.05) is 30.0 Å². The number of carboxylic acids is 1. The second-order valence-corrected chi connectivity index (χ2v) is 6.39. The van der Waals surface area contributed by atoms with Gasteiger partial charge in [0.05, 0.1) is 5.92 Å². The first kappa shape index (κ1) is 15.8.